The normalized spacial score (nSPS) is 17.0. The standard InChI is InChI=1S/C12H21N3/c1-12(2,9-13-11-4-5-11)6-10-7-14-15(3)8-10/h7-8,11,13H,4-6,9H2,1-3H3. The average molecular weight is 207 g/mol. The zero-order valence-electron chi connectivity index (χ0n) is 9.95. The number of nitrogens with zero attached hydrogens (tertiary/aromatic N) is 2. The molecule has 1 aliphatic rings. The van der Waals surface area contributed by atoms with E-state index in [0.717, 1.165) is 19.0 Å². The topological polar surface area (TPSA) is 29.9 Å². The molecule has 0 atom stereocenters. The van der Waals surface area contributed by atoms with Crippen LogP contribution in [0.4, 0.5) is 0 Å². The first-order valence-corrected chi connectivity index (χ1v) is 5.76. The van der Waals surface area contributed by atoms with Gasteiger partial charge < -0.3 is 5.32 Å². The van der Waals surface area contributed by atoms with Gasteiger partial charge in [0.25, 0.3) is 0 Å². The zero-order valence-corrected chi connectivity index (χ0v) is 9.95. The molecule has 1 aromatic heterocycles. The molecule has 0 spiro atoms. The van der Waals surface area contributed by atoms with Crippen molar-refractivity contribution in [3.05, 3.63) is 18.0 Å². The largest absolute Gasteiger partial charge is 0.313 e. The summed E-state index contributed by atoms with van der Waals surface area (Å²) in [4.78, 5) is 0. The van der Waals surface area contributed by atoms with Crippen LogP contribution in [-0.2, 0) is 13.5 Å². The van der Waals surface area contributed by atoms with Crippen LogP contribution in [0.2, 0.25) is 0 Å². The number of aromatic nitrogens is 2. The van der Waals surface area contributed by atoms with E-state index in [4.69, 9.17) is 0 Å². The third kappa shape index (κ3) is 3.34. The van der Waals surface area contributed by atoms with Crippen molar-refractivity contribution in [1.29, 1.82) is 0 Å². The summed E-state index contributed by atoms with van der Waals surface area (Å²) in [6.07, 6.45) is 7.91. The lowest BCUT2D eigenvalue weighted by Crippen LogP contribution is -2.32. The first kappa shape index (κ1) is 10.7. The molecule has 1 saturated carbocycles. The number of rotatable bonds is 5. The summed E-state index contributed by atoms with van der Waals surface area (Å²) in [5, 5.41) is 7.80. The van der Waals surface area contributed by atoms with E-state index in [1.807, 2.05) is 17.9 Å². The van der Waals surface area contributed by atoms with Crippen molar-refractivity contribution in [2.45, 2.75) is 39.2 Å². The smallest absolute Gasteiger partial charge is 0.0521 e. The molecule has 1 aromatic rings. The number of nitrogens with one attached hydrogen (secondary N) is 1. The minimum Gasteiger partial charge on any atom is -0.313 e. The highest BCUT2D eigenvalue weighted by molar-refractivity contribution is 5.06. The Balaban J connectivity index is 1.84. The molecule has 2 rings (SSSR count). The number of aryl methyl sites for hydroxylation is 1. The summed E-state index contributed by atoms with van der Waals surface area (Å²) in [7, 11) is 1.97. The minimum absolute atomic E-state index is 0.325. The predicted molar refractivity (Wildman–Crippen MR) is 61.7 cm³/mol. The average Bonchev–Trinajstić information content (AvgIpc) is 2.88. The molecule has 0 amide bonds. The maximum absolute atomic E-state index is 4.20. The Hall–Kier alpha value is -0.830. The summed E-state index contributed by atoms with van der Waals surface area (Å²) >= 11 is 0. The predicted octanol–water partition coefficient (Wildman–Crippen LogP) is 1.74. The van der Waals surface area contributed by atoms with Gasteiger partial charge in [-0.05, 0) is 30.2 Å². The Bertz CT molecular complexity index is 323. The molecule has 15 heavy (non-hydrogen) atoms. The highest BCUT2D eigenvalue weighted by atomic mass is 15.2. The zero-order chi connectivity index (χ0) is 10.9. The molecule has 0 radical (unpaired) electrons. The number of hydrogen-bond donors (Lipinski definition) is 1. The Labute approximate surface area is 91.9 Å². The SMILES string of the molecule is Cn1cc(CC(C)(C)CNC2CC2)cn1. The monoisotopic (exact) mass is 207 g/mol. The summed E-state index contributed by atoms with van der Waals surface area (Å²) in [5.74, 6) is 0. The second-order valence-electron chi connectivity index (χ2n) is 5.52. The van der Waals surface area contributed by atoms with Crippen molar-refractivity contribution in [3.63, 3.8) is 0 Å². The van der Waals surface area contributed by atoms with Gasteiger partial charge in [-0.1, -0.05) is 13.8 Å². The molecule has 84 valence electrons. The second kappa shape index (κ2) is 3.97. The molecule has 1 heterocycles. The van der Waals surface area contributed by atoms with Crippen molar-refractivity contribution < 1.29 is 0 Å². The van der Waals surface area contributed by atoms with Crippen molar-refractivity contribution in [2.24, 2.45) is 12.5 Å². The Morgan fingerprint density at radius 2 is 2.27 bits per heavy atom. The first-order chi connectivity index (χ1) is 7.05. The van der Waals surface area contributed by atoms with Crippen LogP contribution >= 0.6 is 0 Å². The second-order valence-corrected chi connectivity index (χ2v) is 5.52. The van der Waals surface area contributed by atoms with E-state index in [9.17, 15) is 0 Å². The van der Waals surface area contributed by atoms with Crippen LogP contribution in [-0.4, -0.2) is 22.4 Å². The lowest BCUT2D eigenvalue weighted by atomic mass is 9.86. The molecule has 0 aromatic carbocycles. The maximum atomic E-state index is 4.20. The van der Waals surface area contributed by atoms with E-state index in [-0.39, 0.29) is 0 Å². The molecule has 1 aliphatic carbocycles. The van der Waals surface area contributed by atoms with Gasteiger partial charge in [0.1, 0.15) is 0 Å². The molecule has 0 saturated heterocycles. The molecule has 1 N–H and O–H groups in total. The van der Waals surface area contributed by atoms with Crippen LogP contribution in [0.3, 0.4) is 0 Å². The lowest BCUT2D eigenvalue weighted by Gasteiger charge is -2.24. The van der Waals surface area contributed by atoms with Crippen LogP contribution < -0.4 is 5.32 Å². The van der Waals surface area contributed by atoms with E-state index in [0.29, 0.717) is 5.41 Å². The summed E-state index contributed by atoms with van der Waals surface area (Å²) in [5.41, 5.74) is 1.66. The van der Waals surface area contributed by atoms with Gasteiger partial charge in [0, 0.05) is 25.8 Å². The Morgan fingerprint density at radius 1 is 1.53 bits per heavy atom. The molecule has 3 nitrogen and oxygen atoms in total. The van der Waals surface area contributed by atoms with E-state index < -0.39 is 0 Å². The van der Waals surface area contributed by atoms with Crippen molar-refractivity contribution >= 4 is 0 Å². The lowest BCUT2D eigenvalue weighted by molar-refractivity contribution is 0.337. The van der Waals surface area contributed by atoms with Crippen molar-refractivity contribution in [3.8, 4) is 0 Å². The molecule has 1 fully saturated rings. The Morgan fingerprint density at radius 3 is 2.80 bits per heavy atom. The molecule has 3 heteroatoms. The Kier molecular flexibility index (Phi) is 2.83. The molecular weight excluding hydrogens is 186 g/mol. The number of hydrogen-bond acceptors (Lipinski definition) is 2. The molecule has 0 bridgehead atoms. The quantitative estimate of drug-likeness (QED) is 0.797. The molecule has 0 aliphatic heterocycles. The maximum Gasteiger partial charge on any atom is 0.0521 e. The van der Waals surface area contributed by atoms with E-state index >= 15 is 0 Å². The van der Waals surface area contributed by atoms with Crippen LogP contribution in [0.1, 0.15) is 32.3 Å². The van der Waals surface area contributed by atoms with Crippen molar-refractivity contribution in [1.82, 2.24) is 15.1 Å². The summed E-state index contributed by atoms with van der Waals surface area (Å²) < 4.78 is 1.87. The van der Waals surface area contributed by atoms with Gasteiger partial charge in [0.05, 0.1) is 6.20 Å². The van der Waals surface area contributed by atoms with E-state index in [1.54, 1.807) is 0 Å². The van der Waals surface area contributed by atoms with Crippen LogP contribution in [0.25, 0.3) is 0 Å². The fourth-order valence-electron chi connectivity index (χ4n) is 1.89. The third-order valence-electron chi connectivity index (χ3n) is 2.89. The highest BCUT2D eigenvalue weighted by Crippen LogP contribution is 2.24. The fourth-order valence-corrected chi connectivity index (χ4v) is 1.89. The summed E-state index contributed by atoms with van der Waals surface area (Å²) in [6, 6.07) is 0.804. The van der Waals surface area contributed by atoms with E-state index in [1.165, 1.54) is 18.4 Å². The van der Waals surface area contributed by atoms with Crippen LogP contribution in [0.15, 0.2) is 12.4 Å². The van der Waals surface area contributed by atoms with Crippen LogP contribution in [0.5, 0.6) is 0 Å². The van der Waals surface area contributed by atoms with Gasteiger partial charge in [-0.25, -0.2) is 0 Å². The summed E-state index contributed by atoms with van der Waals surface area (Å²) in [6.45, 7) is 5.73. The van der Waals surface area contributed by atoms with Gasteiger partial charge in [-0.2, -0.15) is 5.10 Å². The van der Waals surface area contributed by atoms with Gasteiger partial charge in [0.2, 0.25) is 0 Å². The van der Waals surface area contributed by atoms with Gasteiger partial charge in [-0.3, -0.25) is 4.68 Å². The van der Waals surface area contributed by atoms with Crippen molar-refractivity contribution in [2.75, 3.05) is 6.54 Å². The highest BCUT2D eigenvalue weighted by Gasteiger charge is 2.25. The molecular formula is C12H21N3. The first-order valence-electron chi connectivity index (χ1n) is 5.76. The molecule has 0 unspecified atom stereocenters. The van der Waals surface area contributed by atoms with Gasteiger partial charge in [0.15, 0.2) is 0 Å². The minimum atomic E-state index is 0.325. The fraction of sp³-hybridized carbons (Fsp3) is 0.750. The van der Waals surface area contributed by atoms with Gasteiger partial charge >= 0.3 is 0 Å². The van der Waals surface area contributed by atoms with Crippen LogP contribution in [0, 0.1) is 5.41 Å². The van der Waals surface area contributed by atoms with Gasteiger partial charge in [-0.15, -0.1) is 0 Å². The van der Waals surface area contributed by atoms with E-state index in [2.05, 4.69) is 30.5 Å². The third-order valence-corrected chi connectivity index (χ3v) is 2.89.